The highest BCUT2D eigenvalue weighted by Gasteiger charge is 2.36. The summed E-state index contributed by atoms with van der Waals surface area (Å²) in [4.78, 5) is 9.65. The van der Waals surface area contributed by atoms with Crippen molar-refractivity contribution in [1.29, 1.82) is 0 Å². The third-order valence-corrected chi connectivity index (χ3v) is 4.81. The minimum absolute atomic E-state index is 0.0893. The molecule has 28 heavy (non-hydrogen) atoms. The molecule has 0 spiro atoms. The normalized spacial score (nSPS) is 20.1. The second-order valence-electron chi connectivity index (χ2n) is 6.66. The summed E-state index contributed by atoms with van der Waals surface area (Å²) < 4.78 is 66.5. The second kappa shape index (κ2) is 6.66. The van der Waals surface area contributed by atoms with Gasteiger partial charge in [0.15, 0.2) is 11.6 Å². The number of hydrogen-bond donors (Lipinski definition) is 1. The maximum absolute atomic E-state index is 13.8. The van der Waals surface area contributed by atoms with Crippen molar-refractivity contribution in [2.75, 3.05) is 11.4 Å². The number of aromatic nitrogens is 2. The van der Waals surface area contributed by atoms with Crippen LogP contribution in [0.3, 0.4) is 0 Å². The van der Waals surface area contributed by atoms with Crippen LogP contribution in [0.15, 0.2) is 42.7 Å². The highest BCUT2D eigenvalue weighted by molar-refractivity contribution is 5.89. The van der Waals surface area contributed by atoms with E-state index in [1.54, 1.807) is 4.90 Å². The van der Waals surface area contributed by atoms with Crippen LogP contribution in [0.25, 0.3) is 10.9 Å². The van der Waals surface area contributed by atoms with Crippen LogP contribution in [-0.2, 0) is 6.18 Å². The average molecular weight is 395 g/mol. The van der Waals surface area contributed by atoms with Gasteiger partial charge in [0.25, 0.3) is 0 Å². The van der Waals surface area contributed by atoms with Crippen molar-refractivity contribution >= 4 is 16.7 Å². The van der Waals surface area contributed by atoms with Crippen LogP contribution in [0, 0.1) is 11.6 Å². The Hall–Kier alpha value is -2.81. The van der Waals surface area contributed by atoms with E-state index in [0.717, 1.165) is 24.3 Å². The molecule has 4 rings (SSSR count). The van der Waals surface area contributed by atoms with Crippen molar-refractivity contribution in [2.24, 2.45) is 0 Å². The number of β-amino-alcohol motifs (C(OH)–C–C–N with tert-alkyl or cyclic N) is 1. The van der Waals surface area contributed by atoms with Crippen LogP contribution in [0.5, 0.6) is 0 Å². The lowest BCUT2D eigenvalue weighted by Gasteiger charge is -2.27. The molecular formula is C19H14F5N3O. The lowest BCUT2D eigenvalue weighted by atomic mass is 10.0. The van der Waals surface area contributed by atoms with Crippen LogP contribution in [-0.4, -0.2) is 27.7 Å². The predicted molar refractivity (Wildman–Crippen MR) is 91.6 cm³/mol. The molecule has 9 heteroatoms. The van der Waals surface area contributed by atoms with Gasteiger partial charge in [-0.05, 0) is 30.2 Å². The van der Waals surface area contributed by atoms with E-state index >= 15 is 0 Å². The van der Waals surface area contributed by atoms with Crippen LogP contribution in [0.4, 0.5) is 27.8 Å². The molecule has 2 atom stereocenters. The van der Waals surface area contributed by atoms with Gasteiger partial charge < -0.3 is 10.0 Å². The number of alkyl halides is 3. The van der Waals surface area contributed by atoms with E-state index in [1.165, 1.54) is 18.5 Å². The molecule has 0 radical (unpaired) electrons. The van der Waals surface area contributed by atoms with Gasteiger partial charge in [-0.25, -0.2) is 18.7 Å². The zero-order chi connectivity index (χ0) is 20.1. The fourth-order valence-corrected chi connectivity index (χ4v) is 3.55. The Morgan fingerprint density at radius 1 is 1.04 bits per heavy atom. The number of rotatable bonds is 2. The van der Waals surface area contributed by atoms with Crippen LogP contribution < -0.4 is 4.90 Å². The summed E-state index contributed by atoms with van der Waals surface area (Å²) in [6, 6.07) is 6.11. The maximum Gasteiger partial charge on any atom is 0.416 e. The number of anilines is 1. The fraction of sp³-hybridized carbons (Fsp3) is 0.263. The molecule has 0 unspecified atom stereocenters. The summed E-state index contributed by atoms with van der Waals surface area (Å²) in [5.74, 6) is -1.92. The molecule has 2 heterocycles. The van der Waals surface area contributed by atoms with Gasteiger partial charge in [0, 0.05) is 18.0 Å². The van der Waals surface area contributed by atoms with Crippen LogP contribution in [0.1, 0.15) is 23.6 Å². The highest BCUT2D eigenvalue weighted by Crippen LogP contribution is 2.40. The summed E-state index contributed by atoms with van der Waals surface area (Å²) in [5, 5.41) is 10.4. The molecule has 1 N–H and O–H groups in total. The van der Waals surface area contributed by atoms with Crippen molar-refractivity contribution in [3.05, 3.63) is 65.5 Å². The molecule has 1 saturated heterocycles. The topological polar surface area (TPSA) is 49.2 Å². The van der Waals surface area contributed by atoms with Gasteiger partial charge in [-0.1, -0.05) is 12.1 Å². The van der Waals surface area contributed by atoms with Gasteiger partial charge in [0.1, 0.15) is 12.1 Å². The van der Waals surface area contributed by atoms with Crippen molar-refractivity contribution < 1.29 is 27.1 Å². The molecule has 4 nitrogen and oxygen atoms in total. The van der Waals surface area contributed by atoms with Crippen LogP contribution in [0.2, 0.25) is 0 Å². The molecule has 0 saturated carbocycles. The standard InChI is InChI=1S/C19H14F5N3O/c20-14-6-13-16(7-15(14)21)25-9-26-18(13)27-8-12(28)5-17(27)10-2-1-3-11(4-10)19(22,23)24/h1-4,6-7,9,12,17,28H,5,8H2/t12-,17+/m1/s1. The monoisotopic (exact) mass is 395 g/mol. The SMILES string of the molecule is O[C@@H]1C[C@@H](c2cccc(C(F)(F)F)c2)N(c2ncnc3cc(F)c(F)cc23)C1. The average Bonchev–Trinajstić information content (AvgIpc) is 3.03. The fourth-order valence-electron chi connectivity index (χ4n) is 3.55. The molecule has 146 valence electrons. The largest absolute Gasteiger partial charge is 0.416 e. The summed E-state index contributed by atoms with van der Waals surface area (Å²) in [7, 11) is 0. The van der Waals surface area contributed by atoms with E-state index in [4.69, 9.17) is 0 Å². The Morgan fingerprint density at radius 3 is 2.54 bits per heavy atom. The Labute approximate surface area is 156 Å². The van der Waals surface area contributed by atoms with Gasteiger partial charge in [0.2, 0.25) is 0 Å². The number of benzene rings is 2. The van der Waals surface area contributed by atoms with E-state index in [-0.39, 0.29) is 29.7 Å². The Kier molecular flexibility index (Phi) is 4.41. The van der Waals surface area contributed by atoms with E-state index in [2.05, 4.69) is 9.97 Å². The van der Waals surface area contributed by atoms with E-state index in [1.807, 2.05) is 0 Å². The summed E-state index contributed by atoms with van der Waals surface area (Å²) in [6.07, 6.45) is -3.96. The third-order valence-electron chi connectivity index (χ3n) is 4.81. The number of aliphatic hydroxyl groups excluding tert-OH is 1. The van der Waals surface area contributed by atoms with Crippen molar-refractivity contribution in [1.82, 2.24) is 9.97 Å². The number of aliphatic hydroxyl groups is 1. The Bertz CT molecular complexity index is 1040. The van der Waals surface area contributed by atoms with Gasteiger partial charge >= 0.3 is 6.18 Å². The molecule has 1 fully saturated rings. The van der Waals surface area contributed by atoms with Gasteiger partial charge in [-0.3, -0.25) is 0 Å². The smallest absolute Gasteiger partial charge is 0.391 e. The molecule has 1 aliphatic heterocycles. The Balaban J connectivity index is 1.82. The lowest BCUT2D eigenvalue weighted by Crippen LogP contribution is -2.26. The minimum Gasteiger partial charge on any atom is -0.391 e. The first-order valence-corrected chi connectivity index (χ1v) is 8.45. The van der Waals surface area contributed by atoms with Gasteiger partial charge in [-0.15, -0.1) is 0 Å². The molecule has 2 aromatic carbocycles. The number of halogens is 5. The van der Waals surface area contributed by atoms with E-state index in [9.17, 15) is 27.1 Å². The van der Waals surface area contributed by atoms with E-state index in [0.29, 0.717) is 5.56 Å². The number of nitrogens with zero attached hydrogens (tertiary/aromatic N) is 3. The zero-order valence-electron chi connectivity index (χ0n) is 14.3. The first kappa shape index (κ1) is 18.5. The molecule has 3 aromatic rings. The quantitative estimate of drug-likeness (QED) is 0.660. The van der Waals surface area contributed by atoms with E-state index < -0.39 is 35.5 Å². The zero-order valence-corrected chi connectivity index (χ0v) is 14.3. The summed E-state index contributed by atoms with van der Waals surface area (Å²) in [6.45, 7) is 0.0893. The Morgan fingerprint density at radius 2 is 1.79 bits per heavy atom. The molecule has 0 bridgehead atoms. The van der Waals surface area contributed by atoms with Gasteiger partial charge in [-0.2, -0.15) is 13.2 Å². The molecular weight excluding hydrogens is 381 g/mol. The van der Waals surface area contributed by atoms with Crippen molar-refractivity contribution in [2.45, 2.75) is 24.7 Å². The molecule has 0 amide bonds. The van der Waals surface area contributed by atoms with Crippen molar-refractivity contribution in [3.8, 4) is 0 Å². The summed E-state index contributed by atoms with van der Waals surface area (Å²) in [5.41, 5.74) is -0.291. The number of fused-ring (bicyclic) bond motifs is 1. The second-order valence-corrected chi connectivity index (χ2v) is 6.66. The first-order chi connectivity index (χ1) is 13.2. The van der Waals surface area contributed by atoms with Crippen LogP contribution >= 0.6 is 0 Å². The molecule has 1 aliphatic rings. The highest BCUT2D eigenvalue weighted by atomic mass is 19.4. The maximum atomic E-state index is 13.8. The number of hydrogen-bond acceptors (Lipinski definition) is 4. The molecule has 0 aliphatic carbocycles. The van der Waals surface area contributed by atoms with Gasteiger partial charge in [0.05, 0.1) is 23.2 Å². The predicted octanol–water partition coefficient (Wildman–Crippen LogP) is 4.24. The summed E-state index contributed by atoms with van der Waals surface area (Å²) >= 11 is 0. The first-order valence-electron chi connectivity index (χ1n) is 8.45. The lowest BCUT2D eigenvalue weighted by molar-refractivity contribution is -0.137. The third kappa shape index (κ3) is 3.26. The molecule has 1 aromatic heterocycles. The minimum atomic E-state index is -4.50. The van der Waals surface area contributed by atoms with Crippen molar-refractivity contribution in [3.63, 3.8) is 0 Å².